The summed E-state index contributed by atoms with van der Waals surface area (Å²) in [5, 5.41) is 9.76. The third-order valence-corrected chi connectivity index (χ3v) is 4.84. The Balaban J connectivity index is 1.96. The molecule has 28 heavy (non-hydrogen) atoms. The van der Waals surface area contributed by atoms with Crippen LogP contribution in [0.25, 0.3) is 21.9 Å². The molecule has 1 unspecified atom stereocenters. The second-order valence-corrected chi connectivity index (χ2v) is 6.84. The van der Waals surface area contributed by atoms with Crippen molar-refractivity contribution in [3.8, 4) is 11.8 Å². The molecule has 0 bridgehead atoms. The third-order valence-electron chi connectivity index (χ3n) is 4.84. The zero-order valence-corrected chi connectivity index (χ0v) is 15.2. The summed E-state index contributed by atoms with van der Waals surface area (Å²) in [4.78, 5) is 10.8. The maximum Gasteiger partial charge on any atom is 0.387 e. The highest BCUT2D eigenvalue weighted by Gasteiger charge is 2.34. The van der Waals surface area contributed by atoms with Crippen molar-refractivity contribution >= 4 is 21.9 Å². The molecule has 0 amide bonds. The lowest BCUT2D eigenvalue weighted by Gasteiger charge is -2.27. The molecule has 2 aromatic carbocycles. The number of nitriles is 1. The van der Waals surface area contributed by atoms with Crippen molar-refractivity contribution in [2.75, 3.05) is 0 Å². The number of nitrogens with two attached hydrogens (primary N) is 1. The number of imidazole rings is 1. The summed E-state index contributed by atoms with van der Waals surface area (Å²) in [5.74, 6) is 0.380. The number of benzene rings is 2. The molecular weight excluding hydrogens is 364 g/mol. The van der Waals surface area contributed by atoms with Crippen molar-refractivity contribution in [1.29, 1.82) is 5.26 Å². The molecule has 0 fully saturated rings. The lowest BCUT2D eigenvalue weighted by molar-refractivity contribution is -0.0507. The number of aromatic amines is 2. The summed E-state index contributed by atoms with van der Waals surface area (Å²) < 4.78 is 31.0. The van der Waals surface area contributed by atoms with Gasteiger partial charge in [0.25, 0.3) is 0 Å². The first-order valence-corrected chi connectivity index (χ1v) is 8.56. The van der Waals surface area contributed by atoms with Crippen LogP contribution >= 0.6 is 0 Å². The van der Waals surface area contributed by atoms with Gasteiger partial charge in [-0.05, 0) is 49.7 Å². The quantitative estimate of drug-likeness (QED) is 0.496. The minimum atomic E-state index is -2.99. The van der Waals surface area contributed by atoms with Crippen LogP contribution in [0.4, 0.5) is 8.78 Å². The Morgan fingerprint density at radius 2 is 2.07 bits per heavy atom. The van der Waals surface area contributed by atoms with Crippen LogP contribution in [0.2, 0.25) is 0 Å². The van der Waals surface area contributed by atoms with E-state index in [-0.39, 0.29) is 5.75 Å². The highest BCUT2D eigenvalue weighted by atomic mass is 19.3. The number of H-pyrrole nitrogens is 2. The second kappa shape index (κ2) is 6.32. The summed E-state index contributed by atoms with van der Waals surface area (Å²) in [7, 11) is 0. The highest BCUT2D eigenvalue weighted by Crippen LogP contribution is 2.40. The Bertz CT molecular complexity index is 1230. The summed E-state index contributed by atoms with van der Waals surface area (Å²) in [6.07, 6.45) is 1.72. The Morgan fingerprint density at radius 3 is 2.79 bits per heavy atom. The van der Waals surface area contributed by atoms with E-state index in [4.69, 9.17) is 15.7 Å². The standard InChI is InChI=1S/C20H17F2N5O/c1-10-7-15(28-19(21)22)16(12-5-6-25-17(10)12)20(2,24)18-26-13-4-3-11(9-23)8-14(13)27-18/h3-8,19,25H,24H2,1-2H3,(H,26,27). The maximum absolute atomic E-state index is 13.1. The Labute approximate surface area is 158 Å². The van der Waals surface area contributed by atoms with Gasteiger partial charge in [0, 0.05) is 22.7 Å². The number of hydrogen-bond donors (Lipinski definition) is 3. The van der Waals surface area contributed by atoms with E-state index >= 15 is 0 Å². The number of rotatable bonds is 4. The Hall–Kier alpha value is -3.44. The molecule has 0 radical (unpaired) electrons. The molecule has 142 valence electrons. The van der Waals surface area contributed by atoms with Gasteiger partial charge in [0.15, 0.2) is 0 Å². The average molecular weight is 381 g/mol. The monoisotopic (exact) mass is 381 g/mol. The van der Waals surface area contributed by atoms with Gasteiger partial charge in [-0.25, -0.2) is 4.98 Å². The first-order valence-electron chi connectivity index (χ1n) is 8.56. The largest absolute Gasteiger partial charge is 0.434 e. The lowest BCUT2D eigenvalue weighted by atomic mass is 9.87. The molecule has 0 spiro atoms. The van der Waals surface area contributed by atoms with E-state index in [0.29, 0.717) is 33.4 Å². The van der Waals surface area contributed by atoms with Gasteiger partial charge in [-0.15, -0.1) is 0 Å². The molecule has 0 aliphatic rings. The van der Waals surface area contributed by atoms with Crippen LogP contribution in [0, 0.1) is 18.3 Å². The van der Waals surface area contributed by atoms with Crippen LogP contribution in [-0.2, 0) is 5.54 Å². The van der Waals surface area contributed by atoms with E-state index in [0.717, 1.165) is 11.1 Å². The second-order valence-electron chi connectivity index (χ2n) is 6.84. The fourth-order valence-electron chi connectivity index (χ4n) is 3.54. The Morgan fingerprint density at radius 1 is 1.29 bits per heavy atom. The zero-order valence-electron chi connectivity index (χ0n) is 15.2. The number of ether oxygens (including phenoxy) is 1. The fraction of sp³-hybridized carbons (Fsp3) is 0.200. The molecule has 8 heteroatoms. The van der Waals surface area contributed by atoms with Crippen LogP contribution in [0.15, 0.2) is 36.5 Å². The van der Waals surface area contributed by atoms with E-state index in [1.165, 1.54) is 0 Å². The van der Waals surface area contributed by atoms with Crippen LogP contribution in [0.5, 0.6) is 5.75 Å². The van der Waals surface area contributed by atoms with Crippen LogP contribution in [0.3, 0.4) is 0 Å². The Kier molecular flexibility index (Phi) is 4.05. The third kappa shape index (κ3) is 2.77. The number of aryl methyl sites for hydroxylation is 1. The number of aromatic nitrogens is 3. The molecule has 4 rings (SSSR count). The van der Waals surface area contributed by atoms with Crippen molar-refractivity contribution < 1.29 is 13.5 Å². The number of alkyl halides is 2. The minimum Gasteiger partial charge on any atom is -0.434 e. The van der Waals surface area contributed by atoms with Crippen LogP contribution < -0.4 is 10.5 Å². The molecule has 0 aliphatic carbocycles. The predicted molar refractivity (Wildman–Crippen MR) is 101 cm³/mol. The number of hydrogen-bond acceptors (Lipinski definition) is 4. The molecule has 2 heterocycles. The van der Waals surface area contributed by atoms with Crippen molar-refractivity contribution in [2.45, 2.75) is 26.0 Å². The number of fused-ring (bicyclic) bond motifs is 2. The van der Waals surface area contributed by atoms with Crippen LogP contribution in [0.1, 0.15) is 29.4 Å². The maximum atomic E-state index is 13.1. The van der Waals surface area contributed by atoms with Gasteiger partial charge in [0.1, 0.15) is 17.1 Å². The number of halogens is 2. The molecule has 0 saturated carbocycles. The van der Waals surface area contributed by atoms with E-state index in [1.807, 2.05) is 0 Å². The van der Waals surface area contributed by atoms with Gasteiger partial charge in [-0.2, -0.15) is 14.0 Å². The summed E-state index contributed by atoms with van der Waals surface area (Å²) in [5.41, 5.74) is 9.07. The molecular formula is C20H17F2N5O. The molecule has 1 atom stereocenters. The number of nitrogens with one attached hydrogen (secondary N) is 2. The van der Waals surface area contributed by atoms with Gasteiger partial charge in [0.2, 0.25) is 0 Å². The molecule has 4 aromatic rings. The van der Waals surface area contributed by atoms with Crippen LogP contribution in [-0.4, -0.2) is 21.6 Å². The van der Waals surface area contributed by atoms with Gasteiger partial charge in [-0.1, -0.05) is 0 Å². The first-order chi connectivity index (χ1) is 13.3. The van der Waals surface area contributed by atoms with E-state index in [1.54, 1.807) is 50.4 Å². The predicted octanol–water partition coefficient (Wildman–Crippen LogP) is 4.05. The normalized spacial score (nSPS) is 13.8. The van der Waals surface area contributed by atoms with Gasteiger partial charge in [0.05, 0.1) is 22.7 Å². The molecule has 2 aromatic heterocycles. The summed E-state index contributed by atoms with van der Waals surface area (Å²) in [6.45, 7) is 0.504. The van der Waals surface area contributed by atoms with Gasteiger partial charge >= 0.3 is 6.61 Å². The van der Waals surface area contributed by atoms with Gasteiger partial charge < -0.3 is 20.4 Å². The fourth-order valence-corrected chi connectivity index (χ4v) is 3.54. The minimum absolute atomic E-state index is 0.00256. The number of nitrogens with zero attached hydrogens (tertiary/aromatic N) is 2. The van der Waals surface area contributed by atoms with Crippen molar-refractivity contribution in [3.63, 3.8) is 0 Å². The lowest BCUT2D eigenvalue weighted by Crippen LogP contribution is -2.36. The molecule has 6 nitrogen and oxygen atoms in total. The summed E-state index contributed by atoms with van der Waals surface area (Å²) >= 11 is 0. The van der Waals surface area contributed by atoms with Gasteiger partial charge in [-0.3, -0.25) is 0 Å². The molecule has 0 saturated heterocycles. The molecule has 0 aliphatic heterocycles. The topological polar surface area (TPSA) is 104 Å². The van der Waals surface area contributed by atoms with Crippen molar-refractivity contribution in [3.05, 3.63) is 59.0 Å². The zero-order chi connectivity index (χ0) is 20.1. The highest BCUT2D eigenvalue weighted by molar-refractivity contribution is 5.90. The van der Waals surface area contributed by atoms with E-state index in [9.17, 15) is 8.78 Å². The molecule has 4 N–H and O–H groups in total. The average Bonchev–Trinajstić information content (AvgIpc) is 3.27. The van der Waals surface area contributed by atoms with E-state index < -0.39 is 12.2 Å². The summed E-state index contributed by atoms with van der Waals surface area (Å²) in [6, 6.07) is 10.4. The van der Waals surface area contributed by atoms with Crippen molar-refractivity contribution in [2.24, 2.45) is 5.73 Å². The van der Waals surface area contributed by atoms with E-state index in [2.05, 4.69) is 21.0 Å². The SMILES string of the molecule is Cc1cc(OC(F)F)c(C(C)(N)c2nc3cc(C#N)ccc3[nH]2)c2cc[nH]c12. The first kappa shape index (κ1) is 17.9. The smallest absolute Gasteiger partial charge is 0.387 e. The van der Waals surface area contributed by atoms with Crippen molar-refractivity contribution in [1.82, 2.24) is 15.0 Å².